The predicted octanol–water partition coefficient (Wildman–Crippen LogP) is 5.03. The van der Waals surface area contributed by atoms with Crippen molar-refractivity contribution in [2.24, 2.45) is 24.3 Å². The Morgan fingerprint density at radius 3 is 2.61 bits per heavy atom. The van der Waals surface area contributed by atoms with E-state index >= 15 is 0 Å². The van der Waals surface area contributed by atoms with Crippen molar-refractivity contribution in [2.75, 3.05) is 19.6 Å². The van der Waals surface area contributed by atoms with Gasteiger partial charge in [0.25, 0.3) is 0 Å². The average molecular weight is 640 g/mol. The smallest absolute Gasteiger partial charge is 0.435 e. The lowest BCUT2D eigenvalue weighted by Crippen LogP contribution is -2.51. The Morgan fingerprint density at radius 2 is 1.95 bits per heavy atom. The van der Waals surface area contributed by atoms with Crippen molar-refractivity contribution in [3.8, 4) is 5.75 Å². The normalized spacial score (nSPS) is 25.7. The van der Waals surface area contributed by atoms with Crippen LogP contribution in [0.3, 0.4) is 0 Å². The molecular formula is C30H37ClF3N5O5. The molecule has 2 aromatic rings. The Bertz CT molecular complexity index is 1450. The number of carboxylic acids is 1. The van der Waals surface area contributed by atoms with E-state index in [1.54, 1.807) is 28.9 Å². The largest absolute Gasteiger partial charge is 0.487 e. The van der Waals surface area contributed by atoms with Crippen LogP contribution in [-0.4, -0.2) is 67.3 Å². The van der Waals surface area contributed by atoms with Crippen LogP contribution in [0.25, 0.3) is 0 Å². The van der Waals surface area contributed by atoms with Gasteiger partial charge in [-0.15, -0.1) is 5.10 Å². The van der Waals surface area contributed by atoms with E-state index in [0.717, 1.165) is 19.9 Å². The van der Waals surface area contributed by atoms with Gasteiger partial charge < -0.3 is 19.6 Å². The first-order valence-corrected chi connectivity index (χ1v) is 15.3. The summed E-state index contributed by atoms with van der Waals surface area (Å²) in [6, 6.07) is 2.53. The van der Waals surface area contributed by atoms with E-state index in [1.165, 1.54) is 0 Å². The summed E-state index contributed by atoms with van der Waals surface area (Å²) in [5.41, 5.74) is -1.38. The van der Waals surface area contributed by atoms with E-state index in [4.69, 9.17) is 16.3 Å². The van der Waals surface area contributed by atoms with Crippen molar-refractivity contribution < 1.29 is 37.4 Å². The lowest BCUT2D eigenvalue weighted by molar-refractivity contribution is -0.162. The van der Waals surface area contributed by atoms with Crippen LogP contribution in [0.2, 0.25) is 5.02 Å². The number of aliphatic carboxylic acids is 1. The van der Waals surface area contributed by atoms with Gasteiger partial charge >= 0.3 is 12.1 Å². The Labute approximate surface area is 258 Å². The van der Waals surface area contributed by atoms with E-state index in [1.807, 2.05) is 6.92 Å². The van der Waals surface area contributed by atoms with Gasteiger partial charge in [-0.25, -0.2) is 4.68 Å². The van der Waals surface area contributed by atoms with Crippen LogP contribution in [0.15, 0.2) is 12.1 Å². The number of fused-ring (bicyclic) bond motifs is 1. The molecule has 44 heavy (non-hydrogen) atoms. The molecule has 0 unspecified atom stereocenters. The average Bonchev–Trinajstić information content (AvgIpc) is 3.51. The predicted molar refractivity (Wildman–Crippen MR) is 153 cm³/mol. The van der Waals surface area contributed by atoms with Crippen LogP contribution in [0.4, 0.5) is 13.2 Å². The fraction of sp³-hybridized carbons (Fsp3) is 0.633. The highest BCUT2D eigenvalue weighted by Gasteiger charge is 2.50. The van der Waals surface area contributed by atoms with E-state index in [0.29, 0.717) is 66.0 Å². The Morgan fingerprint density at radius 1 is 1.20 bits per heavy atom. The first-order valence-electron chi connectivity index (χ1n) is 15.0. The van der Waals surface area contributed by atoms with Crippen molar-refractivity contribution in [1.82, 2.24) is 24.8 Å². The lowest BCUT2D eigenvalue weighted by atomic mass is 9.66. The molecule has 10 nitrogen and oxygen atoms in total. The van der Waals surface area contributed by atoms with Crippen LogP contribution < -0.4 is 4.74 Å². The van der Waals surface area contributed by atoms with Gasteiger partial charge in [0.15, 0.2) is 5.69 Å². The molecule has 0 radical (unpaired) electrons. The second-order valence-electron chi connectivity index (χ2n) is 12.4. The Hall–Kier alpha value is -3.35. The number of amides is 2. The first kappa shape index (κ1) is 32.1. The highest BCUT2D eigenvalue weighted by atomic mass is 35.5. The molecule has 1 aromatic carbocycles. The number of halogens is 4. The van der Waals surface area contributed by atoms with E-state index in [2.05, 4.69) is 10.3 Å². The number of likely N-dealkylation sites (tertiary alicyclic amines) is 1. The summed E-state index contributed by atoms with van der Waals surface area (Å²) in [7, 11) is 1.15. The number of aryl methyl sites for hydroxylation is 1. The summed E-state index contributed by atoms with van der Waals surface area (Å²) in [4.78, 5) is 42.9. The number of hydrogen-bond acceptors (Lipinski definition) is 6. The summed E-state index contributed by atoms with van der Waals surface area (Å²) >= 11 is 6.64. The zero-order valence-corrected chi connectivity index (χ0v) is 25.7. The summed E-state index contributed by atoms with van der Waals surface area (Å²) < 4.78 is 47.8. The maximum atomic E-state index is 14.3. The number of nitrogens with zero attached hydrogens (tertiary/aromatic N) is 5. The molecule has 1 saturated carbocycles. The summed E-state index contributed by atoms with van der Waals surface area (Å²) in [6.45, 7) is 4.17. The second-order valence-corrected chi connectivity index (χ2v) is 12.8. The number of aromatic nitrogens is 3. The fourth-order valence-corrected chi connectivity index (χ4v) is 7.30. The summed E-state index contributed by atoms with van der Waals surface area (Å²) in [5, 5.41) is 17.7. The molecule has 1 N–H and O–H groups in total. The molecule has 4 atom stereocenters. The molecule has 3 heterocycles. The van der Waals surface area contributed by atoms with Crippen LogP contribution in [0, 0.1) is 17.3 Å². The molecule has 5 rings (SSSR count). The molecule has 2 aliphatic heterocycles. The van der Waals surface area contributed by atoms with Gasteiger partial charge in [-0.05, 0) is 56.7 Å². The van der Waals surface area contributed by atoms with Gasteiger partial charge in [0.2, 0.25) is 11.8 Å². The molecule has 3 aliphatic rings. The highest BCUT2D eigenvalue weighted by molar-refractivity contribution is 6.31. The van der Waals surface area contributed by atoms with Crippen molar-refractivity contribution in [3.05, 3.63) is 39.7 Å². The molecule has 1 aliphatic carbocycles. The molecule has 2 fully saturated rings. The molecule has 0 bridgehead atoms. The highest BCUT2D eigenvalue weighted by Crippen LogP contribution is 2.47. The number of carbonyl (C=O) groups is 3. The van der Waals surface area contributed by atoms with E-state index in [-0.39, 0.29) is 35.7 Å². The summed E-state index contributed by atoms with van der Waals surface area (Å²) in [5.74, 6) is -1.88. The van der Waals surface area contributed by atoms with Crippen LogP contribution >= 0.6 is 11.6 Å². The quantitative estimate of drug-likeness (QED) is 0.430. The van der Waals surface area contributed by atoms with Crippen molar-refractivity contribution in [2.45, 2.75) is 77.6 Å². The van der Waals surface area contributed by atoms with Crippen LogP contribution in [0.1, 0.15) is 80.9 Å². The number of carboxylic acid groups (broad SMARTS) is 1. The van der Waals surface area contributed by atoms with Gasteiger partial charge in [-0.1, -0.05) is 36.6 Å². The number of alkyl halides is 3. The molecule has 1 saturated heterocycles. The minimum Gasteiger partial charge on any atom is -0.487 e. The first-order chi connectivity index (χ1) is 20.7. The van der Waals surface area contributed by atoms with Gasteiger partial charge in [0.1, 0.15) is 18.1 Å². The maximum absolute atomic E-state index is 14.3. The maximum Gasteiger partial charge on any atom is 0.435 e. The molecule has 0 spiro atoms. The fourth-order valence-electron chi connectivity index (χ4n) is 7.04. The van der Waals surface area contributed by atoms with Crippen molar-refractivity contribution in [1.29, 1.82) is 0 Å². The molecule has 1 aromatic heterocycles. The topological polar surface area (TPSA) is 118 Å². The molecule has 14 heteroatoms. The SMILES string of the molecule is C[C@H]1CCN(CC[C@@H]2c3c(OCc4nnn(C)c4C(F)(F)F)ccc(Cl)c3CCN2C(=O)[C@@H]2CCCC[C@]2(C)C(=O)O)C1=O. The van der Waals surface area contributed by atoms with Gasteiger partial charge in [-0.2, -0.15) is 13.2 Å². The number of hydrogen-bond donors (Lipinski definition) is 1. The van der Waals surface area contributed by atoms with Crippen LogP contribution in [0.5, 0.6) is 5.75 Å². The molecule has 2 amide bonds. The number of rotatable bonds is 8. The zero-order chi connectivity index (χ0) is 32.0. The number of benzene rings is 1. The third-order valence-electron chi connectivity index (χ3n) is 9.62. The van der Waals surface area contributed by atoms with Crippen molar-refractivity contribution >= 4 is 29.4 Å². The third kappa shape index (κ3) is 5.87. The monoisotopic (exact) mass is 639 g/mol. The summed E-state index contributed by atoms with van der Waals surface area (Å²) in [6.07, 6.45) is -1.04. The molecular weight excluding hydrogens is 603 g/mol. The van der Waals surface area contributed by atoms with E-state index in [9.17, 15) is 32.7 Å². The lowest BCUT2D eigenvalue weighted by Gasteiger charge is -2.44. The minimum absolute atomic E-state index is 0.0227. The van der Waals surface area contributed by atoms with E-state index < -0.39 is 41.8 Å². The van der Waals surface area contributed by atoms with Crippen LogP contribution in [-0.2, 0) is 40.6 Å². The Kier molecular flexibility index (Phi) is 8.90. The standard InChI is InChI=1S/C30H37ClF3N5O5/c1-17-9-13-38(26(17)40)14-11-22-24-18(10-15-39(22)27(41)19-6-4-5-12-29(19,2)28(42)43)20(31)7-8-23(24)44-16-21-25(30(32,33)34)37(3)36-35-21/h7-8,17,19,22H,4-6,9-16H2,1-3H3,(H,42,43)/t17-,19-,22+,29-/m0/s1. The van der Waals surface area contributed by atoms with Gasteiger partial charge in [-0.3, -0.25) is 14.4 Å². The Balaban J connectivity index is 1.52. The molecule has 240 valence electrons. The third-order valence-corrected chi connectivity index (χ3v) is 9.97. The number of carbonyl (C=O) groups excluding carboxylic acids is 2. The minimum atomic E-state index is -4.70. The van der Waals surface area contributed by atoms with Crippen molar-refractivity contribution in [3.63, 3.8) is 0 Å². The number of ether oxygens (including phenoxy) is 1. The van der Waals surface area contributed by atoms with Gasteiger partial charge in [0, 0.05) is 43.2 Å². The second kappa shape index (κ2) is 12.2. The van der Waals surface area contributed by atoms with Gasteiger partial charge in [0.05, 0.1) is 17.4 Å². The zero-order valence-electron chi connectivity index (χ0n) is 25.0.